The Balaban J connectivity index is 1.86. The van der Waals surface area contributed by atoms with Gasteiger partial charge in [0.25, 0.3) is 0 Å². The molecular weight excluding hydrogens is 218 g/mol. The number of carbonyl (C=O) groups is 1. The predicted octanol–water partition coefficient (Wildman–Crippen LogP) is 2.06. The minimum Gasteiger partial charge on any atom is -0.444 e. The number of ether oxygens (including phenoxy) is 1. The van der Waals surface area contributed by atoms with Crippen LogP contribution in [0, 0.1) is 11.8 Å². The first kappa shape index (κ1) is 12.7. The van der Waals surface area contributed by atoms with E-state index in [1.807, 2.05) is 20.8 Å². The number of rotatable bonds is 4. The van der Waals surface area contributed by atoms with Gasteiger partial charge in [0.15, 0.2) is 0 Å². The van der Waals surface area contributed by atoms with Crippen molar-refractivity contribution in [1.29, 1.82) is 0 Å². The Morgan fingerprint density at radius 3 is 2.18 bits per heavy atom. The molecule has 4 nitrogen and oxygen atoms in total. The van der Waals surface area contributed by atoms with E-state index >= 15 is 0 Å². The van der Waals surface area contributed by atoms with E-state index in [1.165, 1.54) is 0 Å². The van der Waals surface area contributed by atoms with Crippen molar-refractivity contribution in [1.82, 2.24) is 5.32 Å². The minimum absolute atomic E-state index is 0.114. The van der Waals surface area contributed by atoms with Crippen molar-refractivity contribution < 1.29 is 14.6 Å². The number of hydrogen-bond acceptors (Lipinski definition) is 3. The van der Waals surface area contributed by atoms with Gasteiger partial charge in [0, 0.05) is 0 Å². The number of aliphatic hydroxyl groups is 1. The van der Waals surface area contributed by atoms with Gasteiger partial charge in [0.05, 0.1) is 12.1 Å². The number of hydrogen-bond donors (Lipinski definition) is 2. The van der Waals surface area contributed by atoms with Crippen molar-refractivity contribution in [3.63, 3.8) is 0 Å². The van der Waals surface area contributed by atoms with Gasteiger partial charge < -0.3 is 15.2 Å². The molecule has 0 spiro atoms. The molecule has 98 valence electrons. The lowest BCUT2D eigenvalue weighted by Gasteiger charge is -2.26. The Labute approximate surface area is 103 Å². The predicted molar refractivity (Wildman–Crippen MR) is 64.6 cm³/mol. The highest BCUT2D eigenvalue weighted by atomic mass is 16.6. The summed E-state index contributed by atoms with van der Waals surface area (Å²) in [4.78, 5) is 11.7. The van der Waals surface area contributed by atoms with Crippen LogP contribution in [-0.4, -0.2) is 28.9 Å². The van der Waals surface area contributed by atoms with Crippen LogP contribution in [0.3, 0.4) is 0 Å². The van der Waals surface area contributed by atoms with E-state index in [9.17, 15) is 9.90 Å². The summed E-state index contributed by atoms with van der Waals surface area (Å²) >= 11 is 0. The summed E-state index contributed by atoms with van der Waals surface area (Å²) < 4.78 is 5.24. The average molecular weight is 241 g/mol. The van der Waals surface area contributed by atoms with Gasteiger partial charge in [-0.05, 0) is 58.3 Å². The Bertz CT molecular complexity index is 290. The number of alkyl carbamates (subject to hydrolysis) is 1. The molecule has 2 fully saturated rings. The number of aliphatic hydroxyl groups excluding tert-OH is 1. The van der Waals surface area contributed by atoms with Crippen LogP contribution in [-0.2, 0) is 4.74 Å². The maximum absolute atomic E-state index is 11.7. The topological polar surface area (TPSA) is 58.6 Å². The van der Waals surface area contributed by atoms with Gasteiger partial charge in [-0.25, -0.2) is 4.79 Å². The highest BCUT2D eigenvalue weighted by Crippen LogP contribution is 2.41. The summed E-state index contributed by atoms with van der Waals surface area (Å²) in [5, 5.41) is 13.0. The smallest absolute Gasteiger partial charge is 0.407 e. The fourth-order valence-corrected chi connectivity index (χ4v) is 2.11. The molecule has 0 heterocycles. The Kier molecular flexibility index (Phi) is 3.34. The lowest BCUT2D eigenvalue weighted by atomic mass is 10.0. The Hall–Kier alpha value is -0.770. The van der Waals surface area contributed by atoms with Gasteiger partial charge in [-0.3, -0.25) is 0 Å². The Morgan fingerprint density at radius 1 is 1.24 bits per heavy atom. The van der Waals surface area contributed by atoms with Gasteiger partial charge in [0.1, 0.15) is 5.60 Å². The molecule has 0 aromatic carbocycles. The zero-order chi connectivity index (χ0) is 12.6. The average Bonchev–Trinajstić information content (AvgIpc) is 2.99. The quantitative estimate of drug-likeness (QED) is 0.792. The molecule has 2 aliphatic rings. The highest BCUT2D eigenvalue weighted by Gasteiger charge is 2.43. The fourth-order valence-electron chi connectivity index (χ4n) is 2.11. The monoisotopic (exact) mass is 241 g/mol. The third-order valence-corrected chi connectivity index (χ3v) is 3.29. The minimum atomic E-state index is -0.483. The second-order valence-corrected chi connectivity index (χ2v) is 6.34. The lowest BCUT2D eigenvalue weighted by molar-refractivity contribution is 0.0372. The first-order chi connectivity index (χ1) is 7.87. The number of nitrogens with one attached hydrogen (secondary N) is 1. The van der Waals surface area contributed by atoms with Crippen LogP contribution in [0.2, 0.25) is 0 Å². The molecule has 0 aromatic rings. The normalized spacial score (nSPS) is 24.0. The summed E-state index contributed by atoms with van der Waals surface area (Å²) in [6, 6.07) is -0.114. The van der Waals surface area contributed by atoms with Gasteiger partial charge in [-0.1, -0.05) is 0 Å². The van der Waals surface area contributed by atoms with Crippen LogP contribution in [0.4, 0.5) is 4.79 Å². The van der Waals surface area contributed by atoms with E-state index in [2.05, 4.69) is 5.32 Å². The standard InChI is InChI=1S/C13H23NO3/c1-13(2,3)17-12(16)14-10(8-4-5-8)11(15)9-6-7-9/h8-11,15H,4-7H2,1-3H3,(H,14,16). The van der Waals surface area contributed by atoms with E-state index in [0.717, 1.165) is 25.7 Å². The van der Waals surface area contributed by atoms with Crippen molar-refractivity contribution in [3.05, 3.63) is 0 Å². The zero-order valence-electron chi connectivity index (χ0n) is 10.9. The third kappa shape index (κ3) is 3.87. The molecular formula is C13H23NO3. The maximum Gasteiger partial charge on any atom is 0.407 e. The molecule has 17 heavy (non-hydrogen) atoms. The molecule has 2 unspecified atom stereocenters. The van der Waals surface area contributed by atoms with Gasteiger partial charge in [0.2, 0.25) is 0 Å². The molecule has 0 radical (unpaired) electrons. The van der Waals surface area contributed by atoms with Gasteiger partial charge >= 0.3 is 6.09 Å². The van der Waals surface area contributed by atoms with Crippen molar-refractivity contribution in [2.45, 2.75) is 64.2 Å². The van der Waals surface area contributed by atoms with Crippen molar-refractivity contribution >= 4 is 6.09 Å². The van der Waals surface area contributed by atoms with Crippen LogP contribution in [0.5, 0.6) is 0 Å². The molecule has 2 N–H and O–H groups in total. The second kappa shape index (κ2) is 4.48. The molecule has 2 aliphatic carbocycles. The van der Waals surface area contributed by atoms with Crippen LogP contribution < -0.4 is 5.32 Å². The van der Waals surface area contributed by atoms with Crippen LogP contribution in [0.25, 0.3) is 0 Å². The summed E-state index contributed by atoms with van der Waals surface area (Å²) in [6.07, 6.45) is 3.57. The molecule has 2 rings (SSSR count). The largest absolute Gasteiger partial charge is 0.444 e. The molecule has 0 aliphatic heterocycles. The van der Waals surface area contributed by atoms with Gasteiger partial charge in [-0.15, -0.1) is 0 Å². The zero-order valence-corrected chi connectivity index (χ0v) is 10.9. The molecule has 0 saturated heterocycles. The van der Waals surface area contributed by atoms with E-state index in [-0.39, 0.29) is 6.04 Å². The fraction of sp³-hybridized carbons (Fsp3) is 0.923. The first-order valence-corrected chi connectivity index (χ1v) is 6.54. The van der Waals surface area contributed by atoms with E-state index < -0.39 is 17.8 Å². The highest BCUT2D eigenvalue weighted by molar-refractivity contribution is 5.68. The van der Waals surface area contributed by atoms with Crippen molar-refractivity contribution in [2.75, 3.05) is 0 Å². The summed E-state index contributed by atoms with van der Waals surface area (Å²) in [7, 11) is 0. The third-order valence-electron chi connectivity index (χ3n) is 3.29. The molecule has 0 bridgehead atoms. The van der Waals surface area contributed by atoms with Crippen LogP contribution >= 0.6 is 0 Å². The Morgan fingerprint density at radius 2 is 1.76 bits per heavy atom. The number of amides is 1. The van der Waals surface area contributed by atoms with E-state index in [1.54, 1.807) is 0 Å². The summed E-state index contributed by atoms with van der Waals surface area (Å²) in [5.41, 5.74) is -0.483. The molecule has 1 amide bonds. The molecule has 0 aromatic heterocycles. The summed E-state index contributed by atoms with van der Waals surface area (Å²) in [5.74, 6) is 0.827. The summed E-state index contributed by atoms with van der Waals surface area (Å²) in [6.45, 7) is 5.53. The second-order valence-electron chi connectivity index (χ2n) is 6.34. The molecule has 2 atom stereocenters. The van der Waals surface area contributed by atoms with Gasteiger partial charge in [-0.2, -0.15) is 0 Å². The first-order valence-electron chi connectivity index (χ1n) is 6.54. The SMILES string of the molecule is CC(C)(C)OC(=O)NC(C1CC1)C(O)C1CC1. The number of carbonyl (C=O) groups excluding carboxylic acids is 1. The lowest BCUT2D eigenvalue weighted by Crippen LogP contribution is -2.47. The van der Waals surface area contributed by atoms with E-state index in [0.29, 0.717) is 11.8 Å². The van der Waals surface area contributed by atoms with Crippen molar-refractivity contribution in [3.8, 4) is 0 Å². The van der Waals surface area contributed by atoms with Crippen LogP contribution in [0.15, 0.2) is 0 Å². The molecule has 2 saturated carbocycles. The maximum atomic E-state index is 11.7. The van der Waals surface area contributed by atoms with Crippen LogP contribution in [0.1, 0.15) is 46.5 Å². The van der Waals surface area contributed by atoms with E-state index in [4.69, 9.17) is 4.74 Å². The van der Waals surface area contributed by atoms with Crippen molar-refractivity contribution in [2.24, 2.45) is 11.8 Å². The molecule has 4 heteroatoms.